The van der Waals surface area contributed by atoms with Gasteiger partial charge in [0.15, 0.2) is 17.8 Å². The highest BCUT2D eigenvalue weighted by Crippen LogP contribution is 2.35. The van der Waals surface area contributed by atoms with Gasteiger partial charge in [-0.2, -0.15) is 6.57 Å². The molecule has 2 aliphatic rings. The van der Waals surface area contributed by atoms with Gasteiger partial charge in [-0.25, -0.2) is 13.6 Å². The summed E-state index contributed by atoms with van der Waals surface area (Å²) in [7, 11) is -4.08. The zero-order valence-electron chi connectivity index (χ0n) is 26.2. The van der Waals surface area contributed by atoms with Crippen LogP contribution in [0, 0.1) is 12.4 Å². The van der Waals surface area contributed by atoms with E-state index in [4.69, 9.17) is 30.5 Å². The molecule has 1 N–H and O–H groups in total. The number of pyridine rings is 1. The van der Waals surface area contributed by atoms with Crippen molar-refractivity contribution in [3.8, 4) is 28.3 Å². The number of aromatic nitrogens is 2. The van der Waals surface area contributed by atoms with Crippen LogP contribution < -0.4 is 4.74 Å². The summed E-state index contributed by atoms with van der Waals surface area (Å²) in [5.74, 6) is -0.0179. The molecule has 0 bridgehead atoms. The van der Waals surface area contributed by atoms with E-state index >= 15 is 4.39 Å². The maximum atomic E-state index is 15.7. The van der Waals surface area contributed by atoms with E-state index < -0.39 is 48.0 Å². The molecule has 5 atom stereocenters. The fourth-order valence-corrected chi connectivity index (χ4v) is 7.29. The third-order valence-electron chi connectivity index (χ3n) is 8.25. The molecule has 4 heterocycles. The van der Waals surface area contributed by atoms with E-state index in [9.17, 15) is 9.32 Å². The van der Waals surface area contributed by atoms with Crippen LogP contribution in [-0.2, 0) is 30.7 Å². The van der Waals surface area contributed by atoms with Gasteiger partial charge >= 0.3 is 0 Å². The maximum Gasteiger partial charge on any atom is 0.198 e. The zero-order chi connectivity index (χ0) is 32.6. The molecule has 0 radical (unpaired) electrons. The van der Waals surface area contributed by atoms with E-state index in [1.807, 2.05) is 36.4 Å². The summed E-state index contributed by atoms with van der Waals surface area (Å²) in [6.45, 7) is 14.9. The van der Waals surface area contributed by atoms with Crippen LogP contribution in [0.4, 0.5) is 4.39 Å². The van der Waals surface area contributed by atoms with Crippen LogP contribution in [0.2, 0.25) is 25.7 Å². The molecule has 1 unspecified atom stereocenters. The SMILES string of the molecule is [C-]#[N+]N=S(C)(=O)c1ccc(-c2ccc(-c3nc4cc(O[C@@H]5CO[C@H]6[C@@H]5OC[C@H]6O)n(COCC[Si](C)(C)C)c4cc3F)cc2)cc1. The molecule has 13 heteroatoms. The summed E-state index contributed by atoms with van der Waals surface area (Å²) in [5.41, 5.74) is 3.67. The van der Waals surface area contributed by atoms with E-state index in [2.05, 4.69) is 29.1 Å². The highest BCUT2D eigenvalue weighted by atomic mass is 32.2. The molecular weight excluding hydrogens is 628 g/mol. The maximum absolute atomic E-state index is 15.7. The van der Waals surface area contributed by atoms with Crippen LogP contribution in [0.3, 0.4) is 0 Å². The summed E-state index contributed by atoms with van der Waals surface area (Å²) in [5, 5.41) is 10.2. The summed E-state index contributed by atoms with van der Waals surface area (Å²) in [6, 6.07) is 18.6. The van der Waals surface area contributed by atoms with Crippen LogP contribution in [0.15, 0.2) is 70.0 Å². The number of hydrogen-bond donors (Lipinski definition) is 1. The van der Waals surface area contributed by atoms with Crippen molar-refractivity contribution < 1.29 is 32.7 Å². The van der Waals surface area contributed by atoms with Crippen LogP contribution >= 0.6 is 0 Å². The second-order valence-corrected chi connectivity index (χ2v) is 20.7. The Morgan fingerprint density at radius 3 is 2.39 bits per heavy atom. The number of benzene rings is 2. The lowest BCUT2D eigenvalue weighted by Gasteiger charge is -2.20. The van der Waals surface area contributed by atoms with Crippen molar-refractivity contribution in [2.75, 3.05) is 26.1 Å². The number of hydrogen-bond acceptors (Lipinski definition) is 8. The van der Waals surface area contributed by atoms with Crippen molar-refractivity contribution in [1.29, 1.82) is 0 Å². The molecule has 0 saturated carbocycles. The number of nitrogens with zero attached hydrogens (tertiary/aromatic N) is 4. The number of fused-ring (bicyclic) bond motifs is 2. The lowest BCUT2D eigenvalue weighted by atomic mass is 10.0. The molecule has 2 aliphatic heterocycles. The van der Waals surface area contributed by atoms with Crippen molar-refractivity contribution in [3.05, 3.63) is 78.0 Å². The van der Waals surface area contributed by atoms with Crippen LogP contribution in [0.1, 0.15) is 0 Å². The molecule has 0 amide bonds. The van der Waals surface area contributed by atoms with Gasteiger partial charge in [0.1, 0.15) is 44.9 Å². The summed E-state index contributed by atoms with van der Waals surface area (Å²) < 4.78 is 57.5. The van der Waals surface area contributed by atoms with E-state index in [1.54, 1.807) is 22.8 Å². The van der Waals surface area contributed by atoms with Gasteiger partial charge in [-0.05, 0) is 29.3 Å². The molecular formula is C33H37FN4O6SSi. The van der Waals surface area contributed by atoms with Gasteiger partial charge in [0.2, 0.25) is 0 Å². The van der Waals surface area contributed by atoms with Crippen molar-refractivity contribution in [3.63, 3.8) is 0 Å². The average Bonchev–Trinajstić information content (AvgIpc) is 3.69. The Morgan fingerprint density at radius 2 is 1.72 bits per heavy atom. The highest BCUT2D eigenvalue weighted by molar-refractivity contribution is 7.93. The predicted octanol–water partition coefficient (Wildman–Crippen LogP) is 6.02. The fraction of sp³-hybridized carbons (Fsp3) is 0.394. The number of aliphatic hydroxyl groups excluding tert-OH is 1. The first-order chi connectivity index (χ1) is 21.9. The molecule has 242 valence electrons. The van der Waals surface area contributed by atoms with Crippen molar-refractivity contribution in [2.24, 2.45) is 4.47 Å². The average molecular weight is 665 g/mol. The van der Waals surface area contributed by atoms with Gasteiger partial charge in [-0.15, -0.1) is 4.95 Å². The van der Waals surface area contributed by atoms with E-state index in [1.165, 1.54) is 12.3 Å². The number of ether oxygens (including phenoxy) is 4. The number of halogens is 1. The topological polar surface area (TPSA) is 109 Å². The van der Waals surface area contributed by atoms with Crippen molar-refractivity contribution in [2.45, 2.75) is 61.7 Å². The predicted molar refractivity (Wildman–Crippen MR) is 176 cm³/mol. The molecule has 0 aliphatic carbocycles. The first-order valence-electron chi connectivity index (χ1n) is 15.1. The number of aliphatic hydroxyl groups is 1. The Bertz CT molecular complexity index is 1890. The Labute approximate surface area is 269 Å². The van der Waals surface area contributed by atoms with Crippen molar-refractivity contribution in [1.82, 2.24) is 9.55 Å². The van der Waals surface area contributed by atoms with Gasteiger partial charge in [-0.1, -0.05) is 56.0 Å². The minimum atomic E-state index is -2.77. The second kappa shape index (κ2) is 12.9. The molecule has 10 nitrogen and oxygen atoms in total. The van der Waals surface area contributed by atoms with Crippen LogP contribution in [0.5, 0.6) is 5.88 Å². The first kappa shape index (κ1) is 32.3. The smallest absolute Gasteiger partial charge is 0.198 e. The minimum absolute atomic E-state index is 0.168. The number of rotatable bonds is 10. The Morgan fingerprint density at radius 1 is 1.07 bits per heavy atom. The van der Waals surface area contributed by atoms with Crippen LogP contribution in [0.25, 0.3) is 38.4 Å². The largest absolute Gasteiger partial charge is 0.470 e. The van der Waals surface area contributed by atoms with Gasteiger partial charge in [0, 0.05) is 38.6 Å². The van der Waals surface area contributed by atoms with Crippen LogP contribution in [-0.4, -0.2) is 77.4 Å². The Balaban J connectivity index is 1.28. The van der Waals surface area contributed by atoms with E-state index in [0.29, 0.717) is 34.0 Å². The Kier molecular flexibility index (Phi) is 9.03. The molecule has 46 heavy (non-hydrogen) atoms. The van der Waals surface area contributed by atoms with Gasteiger partial charge < -0.3 is 24.1 Å². The molecule has 2 fully saturated rings. The molecule has 2 aromatic heterocycles. The van der Waals surface area contributed by atoms with Crippen molar-refractivity contribution >= 4 is 28.8 Å². The monoisotopic (exact) mass is 664 g/mol. The molecule has 2 aromatic carbocycles. The van der Waals surface area contributed by atoms with Gasteiger partial charge in [0.05, 0.1) is 29.1 Å². The Hall–Kier alpha value is -3.64. The highest BCUT2D eigenvalue weighted by Gasteiger charge is 2.48. The zero-order valence-corrected chi connectivity index (χ0v) is 28.0. The standard InChI is InChI=1S/C33H37FN4O6SSi/c1-35-37-45(2,40)24-12-10-22(11-13-24)21-6-8-23(9-7-21)31-25(34)16-27-26(36-31)17-30(38(27)20-41-14-15-46(3,4)5)44-29-19-43-32-28(39)18-42-33(29)32/h6-13,16-17,28-29,32-33,39H,14-15,18-20H2,2-5H3/t28-,29-,32-,33-,45?/m1/s1. The quantitative estimate of drug-likeness (QED) is 0.0957. The second-order valence-electron chi connectivity index (χ2n) is 12.9. The lowest BCUT2D eigenvalue weighted by molar-refractivity contribution is 0.00479. The third-order valence-corrected chi connectivity index (χ3v) is 11.5. The van der Waals surface area contributed by atoms with E-state index in [-0.39, 0.29) is 25.6 Å². The first-order valence-corrected chi connectivity index (χ1v) is 20.7. The summed E-state index contributed by atoms with van der Waals surface area (Å²) in [6.07, 6.45) is -0.536. The summed E-state index contributed by atoms with van der Waals surface area (Å²) >= 11 is 0. The minimum Gasteiger partial charge on any atom is -0.470 e. The summed E-state index contributed by atoms with van der Waals surface area (Å²) in [4.78, 5) is 8.12. The molecule has 6 rings (SSSR count). The fourth-order valence-electron chi connectivity index (χ4n) is 5.64. The molecule has 0 spiro atoms. The third kappa shape index (κ3) is 6.73. The van der Waals surface area contributed by atoms with Gasteiger partial charge in [-0.3, -0.25) is 4.57 Å². The molecule has 2 saturated heterocycles. The normalized spacial score (nSPS) is 22.4. The molecule has 4 aromatic rings. The van der Waals surface area contributed by atoms with Gasteiger partial charge in [0.25, 0.3) is 0 Å². The van der Waals surface area contributed by atoms with E-state index in [0.717, 1.165) is 17.2 Å². The lowest BCUT2D eigenvalue weighted by Crippen LogP contribution is -2.35.